The van der Waals surface area contributed by atoms with Crippen LogP contribution in [0.4, 0.5) is 13.2 Å². The van der Waals surface area contributed by atoms with Crippen molar-refractivity contribution in [2.75, 3.05) is 6.61 Å². The third-order valence-electron chi connectivity index (χ3n) is 4.72. The number of carbonyl (C=O) groups is 2. The van der Waals surface area contributed by atoms with Gasteiger partial charge in [0.1, 0.15) is 5.69 Å². The Bertz CT molecular complexity index is 1300. The number of rotatable bonds is 7. The first-order chi connectivity index (χ1) is 17.2. The van der Waals surface area contributed by atoms with Crippen molar-refractivity contribution in [2.45, 2.75) is 26.1 Å². The monoisotopic (exact) mass is 501 g/mol. The molecule has 1 aromatic carbocycles. The molecule has 0 aliphatic heterocycles. The molecule has 0 fully saturated rings. The number of aromatic amines is 1. The third-order valence-corrected chi connectivity index (χ3v) is 4.72. The van der Waals surface area contributed by atoms with Gasteiger partial charge in [0.05, 0.1) is 37.7 Å². The summed E-state index contributed by atoms with van der Waals surface area (Å²) in [6, 6.07) is 13.9. The second-order valence-electron chi connectivity index (χ2n) is 7.29. The van der Waals surface area contributed by atoms with Gasteiger partial charge in [-0.1, -0.05) is 30.3 Å². The number of aromatic nitrogens is 5. The fraction of sp³-hybridized carbons (Fsp3) is 0.208. The van der Waals surface area contributed by atoms with Gasteiger partial charge in [0.2, 0.25) is 0 Å². The van der Waals surface area contributed by atoms with Crippen LogP contribution in [0.25, 0.3) is 33.9 Å². The minimum absolute atomic E-state index is 0.220. The first-order valence-electron chi connectivity index (χ1n) is 10.7. The molecule has 2 N–H and O–H groups in total. The second-order valence-corrected chi connectivity index (χ2v) is 7.29. The molecule has 36 heavy (non-hydrogen) atoms. The standard InChI is InChI=1S/C22H21N5O2.C2HF3O2/c1-2-29-21(28)9-11-27-15-18(13-25-27)17-8-10-23-19(12-17)22-24-14-20(26-22)16-6-4-3-5-7-16;3-2(4,5)1(6)7/h3-8,10,12-15H,2,9,11H2,1H3,(H,24,26);(H,6,7). The van der Waals surface area contributed by atoms with E-state index in [-0.39, 0.29) is 5.97 Å². The van der Waals surface area contributed by atoms with E-state index in [2.05, 4.69) is 20.1 Å². The van der Waals surface area contributed by atoms with Crippen LogP contribution in [0.5, 0.6) is 0 Å². The number of hydrogen-bond donors (Lipinski definition) is 2. The minimum atomic E-state index is -5.08. The lowest BCUT2D eigenvalue weighted by atomic mass is 10.1. The summed E-state index contributed by atoms with van der Waals surface area (Å²) in [5.74, 6) is -2.27. The number of esters is 1. The maximum atomic E-state index is 11.5. The van der Waals surface area contributed by atoms with Crippen molar-refractivity contribution in [1.82, 2.24) is 24.7 Å². The smallest absolute Gasteiger partial charge is 0.475 e. The van der Waals surface area contributed by atoms with Gasteiger partial charge in [0, 0.05) is 18.0 Å². The maximum absolute atomic E-state index is 11.5. The summed E-state index contributed by atoms with van der Waals surface area (Å²) >= 11 is 0. The van der Waals surface area contributed by atoms with Crippen LogP contribution in [-0.4, -0.2) is 54.6 Å². The van der Waals surface area contributed by atoms with Crippen LogP contribution in [-0.2, 0) is 20.9 Å². The zero-order chi connectivity index (χ0) is 26.1. The number of ether oxygens (including phenoxy) is 1. The van der Waals surface area contributed by atoms with Gasteiger partial charge in [-0.15, -0.1) is 0 Å². The van der Waals surface area contributed by atoms with Gasteiger partial charge in [0.15, 0.2) is 5.82 Å². The number of carboxylic acids is 1. The van der Waals surface area contributed by atoms with Crippen LogP contribution >= 0.6 is 0 Å². The minimum Gasteiger partial charge on any atom is -0.475 e. The number of carboxylic acid groups (broad SMARTS) is 1. The van der Waals surface area contributed by atoms with Crippen molar-refractivity contribution in [1.29, 1.82) is 0 Å². The van der Waals surface area contributed by atoms with E-state index in [9.17, 15) is 18.0 Å². The summed E-state index contributed by atoms with van der Waals surface area (Å²) in [5.41, 5.74) is 4.70. The lowest BCUT2D eigenvalue weighted by Gasteiger charge is -2.02. The Morgan fingerprint density at radius 2 is 1.78 bits per heavy atom. The Morgan fingerprint density at radius 1 is 1.06 bits per heavy atom. The van der Waals surface area contributed by atoms with Crippen LogP contribution < -0.4 is 0 Å². The molecule has 0 amide bonds. The van der Waals surface area contributed by atoms with Crippen LogP contribution in [0.1, 0.15) is 13.3 Å². The average molecular weight is 501 g/mol. The van der Waals surface area contributed by atoms with Gasteiger partial charge in [-0.25, -0.2) is 9.78 Å². The average Bonchev–Trinajstić information content (AvgIpc) is 3.54. The number of halogens is 3. The highest BCUT2D eigenvalue weighted by atomic mass is 19.4. The van der Waals surface area contributed by atoms with Gasteiger partial charge >= 0.3 is 18.1 Å². The molecule has 0 atom stereocenters. The number of imidazole rings is 1. The molecule has 3 aromatic heterocycles. The Hall–Kier alpha value is -4.48. The summed E-state index contributed by atoms with van der Waals surface area (Å²) in [5, 5.41) is 11.5. The van der Waals surface area contributed by atoms with E-state index in [1.165, 1.54) is 0 Å². The molecule has 0 aliphatic carbocycles. The van der Waals surface area contributed by atoms with Crippen molar-refractivity contribution >= 4 is 11.9 Å². The van der Waals surface area contributed by atoms with Crippen molar-refractivity contribution in [3.8, 4) is 33.9 Å². The van der Waals surface area contributed by atoms with Crippen molar-refractivity contribution in [3.05, 3.63) is 67.3 Å². The Morgan fingerprint density at radius 3 is 2.44 bits per heavy atom. The molecule has 0 radical (unpaired) electrons. The molecule has 0 unspecified atom stereocenters. The number of pyridine rings is 1. The number of nitrogens with one attached hydrogen (secondary N) is 1. The molecule has 0 spiro atoms. The maximum Gasteiger partial charge on any atom is 0.490 e. The summed E-state index contributed by atoms with van der Waals surface area (Å²) in [6.07, 6.45) is 2.47. The highest BCUT2D eigenvalue weighted by Gasteiger charge is 2.38. The lowest BCUT2D eigenvalue weighted by Crippen LogP contribution is -2.21. The Balaban J connectivity index is 0.000000454. The van der Waals surface area contributed by atoms with Crippen LogP contribution in [0.2, 0.25) is 0 Å². The van der Waals surface area contributed by atoms with Crippen LogP contribution in [0, 0.1) is 0 Å². The number of hydrogen-bond acceptors (Lipinski definition) is 6. The zero-order valence-corrected chi connectivity index (χ0v) is 19.1. The number of aryl methyl sites for hydroxylation is 1. The number of carbonyl (C=O) groups excluding carboxylic acids is 1. The third kappa shape index (κ3) is 7.26. The number of alkyl halides is 3. The molecule has 9 nitrogen and oxygen atoms in total. The fourth-order valence-electron chi connectivity index (χ4n) is 3.03. The largest absolute Gasteiger partial charge is 0.490 e. The molecule has 0 aliphatic rings. The summed E-state index contributed by atoms with van der Waals surface area (Å²) in [6.45, 7) is 2.67. The SMILES string of the molecule is CCOC(=O)CCn1cc(-c2ccnc(-c3ncc(-c4ccccc4)[nH]3)c2)cn1.O=C(O)C(F)(F)F. The summed E-state index contributed by atoms with van der Waals surface area (Å²) in [4.78, 5) is 32.7. The first-order valence-corrected chi connectivity index (χ1v) is 10.7. The molecule has 4 aromatic rings. The molecule has 0 saturated heterocycles. The van der Waals surface area contributed by atoms with Gasteiger partial charge in [-0.3, -0.25) is 14.5 Å². The number of benzene rings is 1. The quantitative estimate of drug-likeness (QED) is 0.355. The van der Waals surface area contributed by atoms with Crippen molar-refractivity contribution < 1.29 is 32.6 Å². The molecular formula is C24H22F3N5O4. The molecular weight excluding hydrogens is 479 g/mol. The van der Waals surface area contributed by atoms with E-state index in [1.807, 2.05) is 54.9 Å². The van der Waals surface area contributed by atoms with E-state index in [0.29, 0.717) is 25.4 Å². The van der Waals surface area contributed by atoms with Gasteiger partial charge in [-0.05, 0) is 30.2 Å². The highest BCUT2D eigenvalue weighted by Crippen LogP contribution is 2.25. The van der Waals surface area contributed by atoms with Gasteiger partial charge < -0.3 is 14.8 Å². The Labute approximate surface area is 203 Å². The number of nitrogens with zero attached hydrogens (tertiary/aromatic N) is 4. The predicted octanol–water partition coefficient (Wildman–Crippen LogP) is 4.59. The van der Waals surface area contributed by atoms with Gasteiger partial charge in [0.25, 0.3) is 0 Å². The molecule has 0 saturated carbocycles. The topological polar surface area (TPSA) is 123 Å². The first kappa shape index (κ1) is 26.1. The normalized spacial score (nSPS) is 10.9. The molecule has 188 valence electrons. The predicted molar refractivity (Wildman–Crippen MR) is 123 cm³/mol. The molecule has 3 heterocycles. The highest BCUT2D eigenvalue weighted by molar-refractivity contribution is 5.73. The number of H-pyrrole nitrogens is 1. The Kier molecular flexibility index (Phi) is 8.55. The second kappa shape index (κ2) is 11.8. The fourth-order valence-corrected chi connectivity index (χ4v) is 3.03. The summed E-state index contributed by atoms with van der Waals surface area (Å²) < 4.78 is 38.4. The van der Waals surface area contributed by atoms with Gasteiger partial charge in [-0.2, -0.15) is 18.3 Å². The van der Waals surface area contributed by atoms with Crippen molar-refractivity contribution in [2.24, 2.45) is 0 Å². The van der Waals surface area contributed by atoms with E-state index >= 15 is 0 Å². The van der Waals surface area contributed by atoms with Crippen LogP contribution in [0.3, 0.4) is 0 Å². The summed E-state index contributed by atoms with van der Waals surface area (Å²) in [7, 11) is 0. The van der Waals surface area contributed by atoms with Crippen molar-refractivity contribution in [3.63, 3.8) is 0 Å². The van der Waals surface area contributed by atoms with E-state index in [1.54, 1.807) is 24.0 Å². The van der Waals surface area contributed by atoms with E-state index in [0.717, 1.165) is 28.1 Å². The van der Waals surface area contributed by atoms with Crippen LogP contribution in [0.15, 0.2) is 67.3 Å². The molecule has 0 bridgehead atoms. The molecule has 4 rings (SSSR count). The number of aliphatic carboxylic acids is 1. The molecule has 12 heteroatoms. The van der Waals surface area contributed by atoms with E-state index < -0.39 is 12.1 Å². The lowest BCUT2D eigenvalue weighted by molar-refractivity contribution is -0.192. The van der Waals surface area contributed by atoms with E-state index in [4.69, 9.17) is 14.6 Å². The zero-order valence-electron chi connectivity index (χ0n) is 19.1.